The predicted octanol–water partition coefficient (Wildman–Crippen LogP) is 4.81. The zero-order chi connectivity index (χ0) is 24.6. The van der Waals surface area contributed by atoms with Crippen LogP contribution in [0.15, 0.2) is 54.6 Å². The minimum atomic E-state index is -0.109. The average Bonchev–Trinajstić information content (AvgIpc) is 3.52. The van der Waals surface area contributed by atoms with Crippen LogP contribution in [0, 0.1) is 5.92 Å². The first-order valence-corrected chi connectivity index (χ1v) is 12.8. The van der Waals surface area contributed by atoms with Crippen LogP contribution in [0.3, 0.4) is 0 Å². The van der Waals surface area contributed by atoms with E-state index in [1.807, 2.05) is 42.9 Å². The van der Waals surface area contributed by atoms with Gasteiger partial charge in [-0.1, -0.05) is 0 Å². The SMILES string of the molecule is C[C@@H](Oc1cc(-c2cnn([C@@H](C)CO)c2)cc2ncnc(Nc3ccc4ncsc4c3)c12)C1COC1. The number of nitrogens with one attached hydrogen (secondary N) is 1. The van der Waals surface area contributed by atoms with Crippen molar-refractivity contribution in [1.82, 2.24) is 24.7 Å². The molecule has 10 heteroatoms. The van der Waals surface area contributed by atoms with Crippen molar-refractivity contribution in [1.29, 1.82) is 0 Å². The normalized spacial score (nSPS) is 15.6. The van der Waals surface area contributed by atoms with Crippen molar-refractivity contribution in [3.8, 4) is 16.9 Å². The number of benzene rings is 2. The zero-order valence-corrected chi connectivity index (χ0v) is 20.8. The zero-order valence-electron chi connectivity index (χ0n) is 20.0. The van der Waals surface area contributed by atoms with E-state index in [0.29, 0.717) is 30.7 Å². The number of ether oxygens (including phenoxy) is 2. The highest BCUT2D eigenvalue weighted by Crippen LogP contribution is 2.38. The molecule has 2 aromatic carbocycles. The van der Waals surface area contributed by atoms with Crippen LogP contribution in [-0.2, 0) is 4.74 Å². The van der Waals surface area contributed by atoms with Crippen LogP contribution in [-0.4, -0.2) is 55.8 Å². The first-order valence-electron chi connectivity index (χ1n) is 11.9. The van der Waals surface area contributed by atoms with Gasteiger partial charge in [-0.2, -0.15) is 5.10 Å². The minimum absolute atomic E-state index is 0.0176. The number of anilines is 2. The first kappa shape index (κ1) is 22.8. The molecule has 0 radical (unpaired) electrons. The molecule has 36 heavy (non-hydrogen) atoms. The first-order chi connectivity index (χ1) is 17.6. The summed E-state index contributed by atoms with van der Waals surface area (Å²) >= 11 is 1.60. The molecule has 1 aliphatic rings. The largest absolute Gasteiger partial charge is 0.489 e. The van der Waals surface area contributed by atoms with Crippen LogP contribution in [0.25, 0.3) is 32.2 Å². The number of aromatic nitrogens is 5. The van der Waals surface area contributed by atoms with Gasteiger partial charge < -0.3 is 19.9 Å². The lowest BCUT2D eigenvalue weighted by atomic mass is 10.0. The third-order valence-electron chi connectivity index (χ3n) is 6.59. The maximum Gasteiger partial charge on any atom is 0.145 e. The molecule has 184 valence electrons. The van der Waals surface area contributed by atoms with E-state index < -0.39 is 0 Å². The van der Waals surface area contributed by atoms with Gasteiger partial charge in [0, 0.05) is 23.4 Å². The Labute approximate surface area is 211 Å². The molecule has 1 aliphatic heterocycles. The fourth-order valence-corrected chi connectivity index (χ4v) is 4.93. The topological polar surface area (TPSA) is 107 Å². The van der Waals surface area contributed by atoms with Crippen molar-refractivity contribution < 1.29 is 14.6 Å². The summed E-state index contributed by atoms with van der Waals surface area (Å²) in [4.78, 5) is 13.5. The van der Waals surface area contributed by atoms with Gasteiger partial charge in [0.1, 0.15) is 24.0 Å². The van der Waals surface area contributed by atoms with E-state index in [9.17, 15) is 5.11 Å². The van der Waals surface area contributed by atoms with Crippen LogP contribution in [0.5, 0.6) is 5.75 Å². The summed E-state index contributed by atoms with van der Waals surface area (Å²) in [7, 11) is 0. The number of nitrogens with zero attached hydrogens (tertiary/aromatic N) is 5. The number of aliphatic hydroxyl groups excluding tert-OH is 1. The van der Waals surface area contributed by atoms with Gasteiger partial charge in [-0.05, 0) is 49.7 Å². The van der Waals surface area contributed by atoms with E-state index in [1.54, 1.807) is 28.5 Å². The molecule has 0 aliphatic carbocycles. The number of hydrogen-bond donors (Lipinski definition) is 2. The van der Waals surface area contributed by atoms with Crippen LogP contribution in [0.1, 0.15) is 19.9 Å². The summed E-state index contributed by atoms with van der Waals surface area (Å²) in [5.41, 5.74) is 6.35. The van der Waals surface area contributed by atoms with Crippen molar-refractivity contribution in [3.05, 3.63) is 54.6 Å². The fourth-order valence-electron chi connectivity index (χ4n) is 4.21. The molecule has 4 heterocycles. The van der Waals surface area contributed by atoms with E-state index in [4.69, 9.17) is 9.47 Å². The van der Waals surface area contributed by atoms with E-state index in [1.165, 1.54) is 0 Å². The molecule has 0 amide bonds. The Morgan fingerprint density at radius 2 is 2.03 bits per heavy atom. The molecular formula is C26H26N6O3S. The number of thiazole rings is 1. The Kier molecular flexibility index (Phi) is 6.00. The summed E-state index contributed by atoms with van der Waals surface area (Å²) in [6, 6.07) is 9.99. The Hall–Kier alpha value is -3.60. The van der Waals surface area contributed by atoms with Crippen LogP contribution >= 0.6 is 11.3 Å². The molecule has 0 unspecified atom stereocenters. The van der Waals surface area contributed by atoms with Gasteiger partial charge in [-0.15, -0.1) is 11.3 Å². The Bertz CT molecular complexity index is 1530. The standard InChI is InChI=1S/C26H26N6O3S/c1-15(10-33)32-9-18(8-30-32)17-5-22-25(23(6-17)35-16(2)19-11-34-12-19)26(28-13-27-22)31-20-3-4-21-24(7-20)36-14-29-21/h3-9,13-16,19,33H,10-12H2,1-2H3,(H,27,28,31)/t15-,16+/m0/s1. The molecule has 2 atom stereocenters. The summed E-state index contributed by atoms with van der Waals surface area (Å²) < 4.78 is 14.8. The van der Waals surface area contributed by atoms with Gasteiger partial charge in [0.2, 0.25) is 0 Å². The van der Waals surface area contributed by atoms with Gasteiger partial charge >= 0.3 is 0 Å². The van der Waals surface area contributed by atoms with Gasteiger partial charge in [0.15, 0.2) is 0 Å². The van der Waals surface area contributed by atoms with Crippen molar-refractivity contribution in [2.24, 2.45) is 5.92 Å². The van der Waals surface area contributed by atoms with Crippen LogP contribution in [0.2, 0.25) is 0 Å². The molecular weight excluding hydrogens is 476 g/mol. The van der Waals surface area contributed by atoms with Gasteiger partial charge in [-0.25, -0.2) is 15.0 Å². The molecule has 2 N–H and O–H groups in total. The average molecular weight is 503 g/mol. The van der Waals surface area contributed by atoms with Crippen LogP contribution < -0.4 is 10.1 Å². The Morgan fingerprint density at radius 1 is 1.14 bits per heavy atom. The molecule has 0 saturated carbocycles. The number of aliphatic hydroxyl groups is 1. The molecule has 1 fully saturated rings. The van der Waals surface area contributed by atoms with E-state index in [2.05, 4.69) is 38.4 Å². The van der Waals surface area contributed by atoms with E-state index in [0.717, 1.165) is 37.9 Å². The lowest BCUT2D eigenvalue weighted by Gasteiger charge is -2.32. The van der Waals surface area contributed by atoms with Crippen molar-refractivity contribution in [2.75, 3.05) is 25.1 Å². The minimum Gasteiger partial charge on any atom is -0.489 e. The van der Waals surface area contributed by atoms with Gasteiger partial charge in [0.25, 0.3) is 0 Å². The van der Waals surface area contributed by atoms with Crippen molar-refractivity contribution >= 4 is 44.0 Å². The summed E-state index contributed by atoms with van der Waals surface area (Å²) in [6.45, 7) is 5.40. The third-order valence-corrected chi connectivity index (χ3v) is 7.38. The molecule has 0 bridgehead atoms. The molecule has 9 nitrogen and oxygen atoms in total. The lowest BCUT2D eigenvalue weighted by molar-refractivity contribution is -0.0773. The van der Waals surface area contributed by atoms with Gasteiger partial charge in [-0.3, -0.25) is 4.68 Å². The quantitative estimate of drug-likeness (QED) is 0.311. The Balaban J connectivity index is 1.43. The maximum atomic E-state index is 9.51. The van der Waals surface area contributed by atoms with Crippen molar-refractivity contribution in [3.63, 3.8) is 0 Å². The Morgan fingerprint density at radius 3 is 2.83 bits per heavy atom. The van der Waals surface area contributed by atoms with Crippen LogP contribution in [0.4, 0.5) is 11.5 Å². The van der Waals surface area contributed by atoms with Gasteiger partial charge in [0.05, 0.1) is 58.7 Å². The summed E-state index contributed by atoms with van der Waals surface area (Å²) in [5, 5.41) is 18.2. The second kappa shape index (κ2) is 9.45. The highest BCUT2D eigenvalue weighted by atomic mass is 32.1. The third kappa shape index (κ3) is 4.27. The lowest BCUT2D eigenvalue weighted by Crippen LogP contribution is -2.39. The summed E-state index contributed by atoms with van der Waals surface area (Å²) in [6.07, 6.45) is 5.25. The maximum absolute atomic E-state index is 9.51. The van der Waals surface area contributed by atoms with Crippen molar-refractivity contribution in [2.45, 2.75) is 26.0 Å². The van der Waals surface area contributed by atoms with E-state index >= 15 is 0 Å². The predicted molar refractivity (Wildman–Crippen MR) is 140 cm³/mol. The second-order valence-corrected chi connectivity index (χ2v) is 10.00. The number of fused-ring (bicyclic) bond motifs is 2. The van der Waals surface area contributed by atoms with E-state index in [-0.39, 0.29) is 18.8 Å². The smallest absolute Gasteiger partial charge is 0.145 e. The molecule has 6 rings (SSSR count). The summed E-state index contributed by atoms with van der Waals surface area (Å²) in [5.74, 6) is 1.71. The highest BCUT2D eigenvalue weighted by molar-refractivity contribution is 7.16. The second-order valence-electron chi connectivity index (χ2n) is 9.11. The fraction of sp³-hybridized carbons (Fsp3) is 0.308. The molecule has 5 aromatic rings. The molecule has 3 aromatic heterocycles. The monoisotopic (exact) mass is 502 g/mol. The molecule has 0 spiro atoms. The number of hydrogen-bond acceptors (Lipinski definition) is 9. The number of rotatable bonds is 8. The highest BCUT2D eigenvalue weighted by Gasteiger charge is 2.28. The molecule has 1 saturated heterocycles.